The highest BCUT2D eigenvalue weighted by Gasteiger charge is 2.15. The van der Waals surface area contributed by atoms with Gasteiger partial charge in [-0.3, -0.25) is 0 Å². The molecule has 2 atom stereocenters. The van der Waals surface area contributed by atoms with Crippen molar-refractivity contribution < 1.29 is 5.11 Å². The Kier molecular flexibility index (Phi) is 6.24. The van der Waals surface area contributed by atoms with Gasteiger partial charge >= 0.3 is 0 Å². The van der Waals surface area contributed by atoms with Crippen LogP contribution in [-0.2, 0) is 0 Å². The van der Waals surface area contributed by atoms with Gasteiger partial charge in [0, 0.05) is 0 Å². The first kappa shape index (κ1) is 10.7. The molecular weight excluding hydrogens is 136 g/mol. The second-order valence-corrected chi connectivity index (χ2v) is 3.33. The summed E-state index contributed by atoms with van der Waals surface area (Å²) in [6.45, 7) is 7.46. The average Bonchev–Trinajstić information content (AvgIpc) is 1.88. The average molecular weight is 156 g/mol. The second-order valence-electron chi connectivity index (χ2n) is 3.33. The molecule has 0 spiro atoms. The predicted octanol–water partition coefficient (Wildman–Crippen LogP) is 2.75. The molecule has 2 unspecified atom stereocenters. The summed E-state index contributed by atoms with van der Waals surface area (Å²) < 4.78 is 0. The van der Waals surface area contributed by atoms with Gasteiger partial charge in [0.05, 0.1) is 6.10 Å². The zero-order chi connectivity index (χ0) is 8.69. The minimum Gasteiger partial charge on any atom is -0.393 e. The fraction of sp³-hybridized carbons (Fsp3) is 0.800. The molecule has 0 radical (unpaired) electrons. The van der Waals surface area contributed by atoms with Gasteiger partial charge < -0.3 is 5.11 Å². The SMILES string of the molecule is C=CC.CC1CCCC(O)C1. The molecule has 66 valence electrons. The Morgan fingerprint density at radius 3 is 2.27 bits per heavy atom. The molecule has 11 heavy (non-hydrogen) atoms. The van der Waals surface area contributed by atoms with Crippen molar-refractivity contribution in [2.24, 2.45) is 5.92 Å². The van der Waals surface area contributed by atoms with Crippen LogP contribution < -0.4 is 0 Å². The molecule has 0 bridgehead atoms. The monoisotopic (exact) mass is 156 g/mol. The lowest BCUT2D eigenvalue weighted by Gasteiger charge is -2.21. The Bertz CT molecular complexity index is 91.0. The van der Waals surface area contributed by atoms with Crippen LogP contribution in [-0.4, -0.2) is 11.2 Å². The minimum atomic E-state index is 0.0127. The Morgan fingerprint density at radius 2 is 2.00 bits per heavy atom. The van der Waals surface area contributed by atoms with Crippen molar-refractivity contribution in [3.8, 4) is 0 Å². The minimum absolute atomic E-state index is 0.0127. The van der Waals surface area contributed by atoms with Gasteiger partial charge in [-0.1, -0.05) is 25.8 Å². The third kappa shape index (κ3) is 6.11. The van der Waals surface area contributed by atoms with Crippen LogP contribution in [0.4, 0.5) is 0 Å². The normalized spacial score (nSPS) is 30.1. The summed E-state index contributed by atoms with van der Waals surface area (Å²) in [4.78, 5) is 0. The molecule has 0 aromatic heterocycles. The standard InChI is InChI=1S/C7H14O.C3H6/c1-6-3-2-4-7(8)5-6;1-3-2/h6-8H,2-5H2,1H3;3H,1H2,2H3. The van der Waals surface area contributed by atoms with E-state index in [2.05, 4.69) is 13.5 Å². The summed E-state index contributed by atoms with van der Waals surface area (Å²) in [6.07, 6.45) is 6.36. The van der Waals surface area contributed by atoms with Crippen molar-refractivity contribution in [3.63, 3.8) is 0 Å². The highest BCUT2D eigenvalue weighted by Crippen LogP contribution is 2.22. The topological polar surface area (TPSA) is 20.2 Å². The molecule has 1 aliphatic carbocycles. The Balaban J connectivity index is 0.000000292. The Labute approximate surface area is 70.1 Å². The van der Waals surface area contributed by atoms with Gasteiger partial charge in [0.25, 0.3) is 0 Å². The summed E-state index contributed by atoms with van der Waals surface area (Å²) in [7, 11) is 0. The van der Waals surface area contributed by atoms with Gasteiger partial charge in [0.15, 0.2) is 0 Å². The van der Waals surface area contributed by atoms with Crippen LogP contribution in [0.1, 0.15) is 39.5 Å². The van der Waals surface area contributed by atoms with Gasteiger partial charge in [-0.05, 0) is 25.7 Å². The van der Waals surface area contributed by atoms with E-state index < -0.39 is 0 Å². The number of rotatable bonds is 0. The molecule has 1 heteroatoms. The van der Waals surface area contributed by atoms with Crippen LogP contribution in [0, 0.1) is 5.92 Å². The van der Waals surface area contributed by atoms with Crippen molar-refractivity contribution in [2.75, 3.05) is 0 Å². The van der Waals surface area contributed by atoms with Crippen molar-refractivity contribution >= 4 is 0 Å². The lowest BCUT2D eigenvalue weighted by molar-refractivity contribution is 0.106. The fourth-order valence-electron chi connectivity index (χ4n) is 1.40. The maximum absolute atomic E-state index is 9.08. The lowest BCUT2D eigenvalue weighted by atomic mass is 9.89. The third-order valence-electron chi connectivity index (χ3n) is 1.91. The molecule has 0 saturated heterocycles. The Morgan fingerprint density at radius 1 is 1.45 bits per heavy atom. The third-order valence-corrected chi connectivity index (χ3v) is 1.91. The summed E-state index contributed by atoms with van der Waals surface area (Å²) in [5.41, 5.74) is 0. The maximum atomic E-state index is 9.08. The quantitative estimate of drug-likeness (QED) is 0.535. The fourth-order valence-corrected chi connectivity index (χ4v) is 1.40. The van der Waals surface area contributed by atoms with E-state index in [0.717, 1.165) is 18.8 Å². The molecule has 0 heterocycles. The van der Waals surface area contributed by atoms with Gasteiger partial charge in [0.2, 0.25) is 0 Å². The van der Waals surface area contributed by atoms with Gasteiger partial charge in [0.1, 0.15) is 0 Å². The summed E-state index contributed by atoms with van der Waals surface area (Å²) in [5, 5.41) is 9.08. The molecule has 1 saturated carbocycles. The highest BCUT2D eigenvalue weighted by molar-refractivity contribution is 4.67. The molecule has 0 aromatic rings. The first-order valence-electron chi connectivity index (χ1n) is 4.45. The van der Waals surface area contributed by atoms with Gasteiger partial charge in [-0.2, -0.15) is 0 Å². The zero-order valence-electron chi connectivity index (χ0n) is 7.71. The molecule has 1 aliphatic rings. The number of hydrogen-bond donors (Lipinski definition) is 1. The molecular formula is C10H20O. The maximum Gasteiger partial charge on any atom is 0.0542 e. The van der Waals surface area contributed by atoms with E-state index in [-0.39, 0.29) is 6.10 Å². The van der Waals surface area contributed by atoms with Crippen LogP contribution in [0.3, 0.4) is 0 Å². The van der Waals surface area contributed by atoms with Crippen LogP contribution >= 0.6 is 0 Å². The Hall–Kier alpha value is -0.300. The summed E-state index contributed by atoms with van der Waals surface area (Å²) in [5.74, 6) is 0.763. The van der Waals surface area contributed by atoms with E-state index >= 15 is 0 Å². The largest absolute Gasteiger partial charge is 0.393 e. The number of aliphatic hydroxyl groups is 1. The zero-order valence-corrected chi connectivity index (χ0v) is 7.71. The van der Waals surface area contributed by atoms with E-state index in [1.54, 1.807) is 6.08 Å². The summed E-state index contributed by atoms with van der Waals surface area (Å²) >= 11 is 0. The first-order valence-corrected chi connectivity index (χ1v) is 4.45. The van der Waals surface area contributed by atoms with Gasteiger partial charge in [-0.15, -0.1) is 6.58 Å². The number of allylic oxidation sites excluding steroid dienone is 1. The predicted molar refractivity (Wildman–Crippen MR) is 49.5 cm³/mol. The van der Waals surface area contributed by atoms with Crippen LogP contribution in [0.2, 0.25) is 0 Å². The first-order chi connectivity index (χ1) is 5.20. The van der Waals surface area contributed by atoms with Crippen LogP contribution in [0.25, 0.3) is 0 Å². The molecule has 0 aliphatic heterocycles. The molecule has 1 rings (SSSR count). The van der Waals surface area contributed by atoms with E-state index in [9.17, 15) is 0 Å². The van der Waals surface area contributed by atoms with Crippen molar-refractivity contribution in [1.82, 2.24) is 0 Å². The molecule has 1 fully saturated rings. The molecule has 0 aromatic carbocycles. The number of aliphatic hydroxyl groups excluding tert-OH is 1. The summed E-state index contributed by atoms with van der Waals surface area (Å²) in [6, 6.07) is 0. The number of hydrogen-bond acceptors (Lipinski definition) is 1. The second kappa shape index (κ2) is 6.41. The van der Waals surface area contributed by atoms with E-state index in [1.807, 2.05) is 6.92 Å². The van der Waals surface area contributed by atoms with Crippen LogP contribution in [0.15, 0.2) is 12.7 Å². The van der Waals surface area contributed by atoms with E-state index in [4.69, 9.17) is 5.11 Å². The van der Waals surface area contributed by atoms with Crippen molar-refractivity contribution in [2.45, 2.75) is 45.6 Å². The van der Waals surface area contributed by atoms with Crippen molar-refractivity contribution in [3.05, 3.63) is 12.7 Å². The molecule has 1 nitrogen and oxygen atoms in total. The smallest absolute Gasteiger partial charge is 0.0542 e. The molecule has 0 amide bonds. The van der Waals surface area contributed by atoms with E-state index in [1.165, 1.54) is 12.8 Å². The van der Waals surface area contributed by atoms with Crippen molar-refractivity contribution in [1.29, 1.82) is 0 Å². The van der Waals surface area contributed by atoms with E-state index in [0.29, 0.717) is 0 Å². The lowest BCUT2D eigenvalue weighted by Crippen LogP contribution is -2.16. The highest BCUT2D eigenvalue weighted by atomic mass is 16.3. The molecule has 1 N–H and O–H groups in total. The van der Waals surface area contributed by atoms with Gasteiger partial charge in [-0.25, -0.2) is 0 Å². The van der Waals surface area contributed by atoms with Crippen LogP contribution in [0.5, 0.6) is 0 Å².